The van der Waals surface area contributed by atoms with Crippen molar-refractivity contribution in [2.45, 2.75) is 57.6 Å². The number of thioether (sulfide) groups is 1. The van der Waals surface area contributed by atoms with E-state index in [4.69, 9.17) is 4.84 Å². The van der Waals surface area contributed by atoms with Crippen molar-refractivity contribution in [2.75, 3.05) is 31.3 Å². The molecule has 0 saturated carbocycles. The van der Waals surface area contributed by atoms with Crippen LogP contribution in [0.2, 0.25) is 0 Å². The standard InChI is InChI=1S/C23H33N2O2S.Na/c1-17(2)23(28-18(3)26)16-20-6-4-8-22-21(20)7-5-15-27-25(22)14-11-19-9-12-24-13-10-19;/h4,6,8,19,23H,1,5,7,9-16H2,2-3H3;/q-1;+1. The largest absolute Gasteiger partial charge is 1.00 e. The molecule has 2 heterocycles. The molecule has 2 aliphatic rings. The van der Waals surface area contributed by atoms with Gasteiger partial charge in [0.25, 0.3) is 0 Å². The Hall–Kier alpha value is -0.300. The van der Waals surface area contributed by atoms with Crippen LogP contribution in [-0.2, 0) is 22.5 Å². The van der Waals surface area contributed by atoms with Gasteiger partial charge in [-0.15, -0.1) is 13.1 Å². The van der Waals surface area contributed by atoms with Crippen LogP contribution in [0.1, 0.15) is 50.7 Å². The Morgan fingerprint density at radius 1 is 1.34 bits per heavy atom. The topological polar surface area (TPSA) is 43.6 Å². The van der Waals surface area contributed by atoms with Crippen molar-refractivity contribution in [3.63, 3.8) is 0 Å². The minimum Gasteiger partial charge on any atom is -0.662 e. The van der Waals surface area contributed by atoms with Crippen molar-refractivity contribution in [1.82, 2.24) is 0 Å². The second-order valence-electron chi connectivity index (χ2n) is 8.01. The van der Waals surface area contributed by atoms with E-state index < -0.39 is 0 Å². The molecule has 1 saturated heterocycles. The third kappa shape index (κ3) is 7.41. The van der Waals surface area contributed by atoms with Gasteiger partial charge in [-0.05, 0) is 55.7 Å². The van der Waals surface area contributed by atoms with Crippen LogP contribution < -0.4 is 34.6 Å². The fraction of sp³-hybridized carbons (Fsp3) is 0.609. The molecule has 0 aliphatic carbocycles. The first kappa shape index (κ1) is 25.0. The van der Waals surface area contributed by atoms with Crippen LogP contribution in [-0.4, -0.2) is 36.6 Å². The van der Waals surface area contributed by atoms with E-state index in [0.29, 0.717) is 0 Å². The molecular formula is C23H33N2NaO2S. The SMILES string of the molecule is C=C(C)C(Cc1cccc2c1CCCON2CCC1CC[N-]CC1)SC(C)=O.[Na+]. The smallest absolute Gasteiger partial charge is 0.662 e. The van der Waals surface area contributed by atoms with Gasteiger partial charge >= 0.3 is 29.6 Å². The molecule has 0 aromatic heterocycles. The van der Waals surface area contributed by atoms with E-state index in [2.05, 4.69) is 35.2 Å². The summed E-state index contributed by atoms with van der Waals surface area (Å²) in [4.78, 5) is 17.8. The number of hydrogen-bond donors (Lipinski definition) is 0. The summed E-state index contributed by atoms with van der Waals surface area (Å²) in [5.74, 6) is 0.760. The van der Waals surface area contributed by atoms with Gasteiger partial charge in [0.1, 0.15) is 0 Å². The molecule has 4 nitrogen and oxygen atoms in total. The summed E-state index contributed by atoms with van der Waals surface area (Å²) in [5.41, 5.74) is 4.98. The van der Waals surface area contributed by atoms with E-state index in [0.717, 1.165) is 63.4 Å². The first-order chi connectivity index (χ1) is 13.5. The van der Waals surface area contributed by atoms with Crippen molar-refractivity contribution in [3.8, 4) is 0 Å². The second kappa shape index (κ2) is 12.5. The molecule has 0 bridgehead atoms. The van der Waals surface area contributed by atoms with Crippen LogP contribution in [0, 0.1) is 5.92 Å². The summed E-state index contributed by atoms with van der Waals surface area (Å²) in [6, 6.07) is 6.53. The van der Waals surface area contributed by atoms with Crippen LogP contribution in [0.3, 0.4) is 0 Å². The number of fused-ring (bicyclic) bond motifs is 1. The van der Waals surface area contributed by atoms with Gasteiger partial charge in [0.15, 0.2) is 5.12 Å². The average molecular weight is 425 g/mol. The molecule has 1 fully saturated rings. The van der Waals surface area contributed by atoms with Gasteiger partial charge in [0.05, 0.1) is 12.3 Å². The molecule has 1 aromatic rings. The van der Waals surface area contributed by atoms with E-state index in [1.807, 2.05) is 6.92 Å². The molecule has 0 amide bonds. The number of rotatable bonds is 7. The number of benzene rings is 1. The quantitative estimate of drug-likeness (QED) is 0.498. The molecule has 3 rings (SSSR count). The van der Waals surface area contributed by atoms with Crippen LogP contribution in [0.4, 0.5) is 5.69 Å². The maximum Gasteiger partial charge on any atom is 1.00 e. The van der Waals surface area contributed by atoms with Crippen LogP contribution in [0.15, 0.2) is 30.4 Å². The second-order valence-corrected chi connectivity index (χ2v) is 9.38. The minimum atomic E-state index is 0. The van der Waals surface area contributed by atoms with Gasteiger partial charge < -0.3 is 5.32 Å². The monoisotopic (exact) mass is 424 g/mol. The Bertz CT molecular complexity index is 691. The van der Waals surface area contributed by atoms with Crippen molar-refractivity contribution in [2.24, 2.45) is 5.92 Å². The molecule has 154 valence electrons. The van der Waals surface area contributed by atoms with Gasteiger partial charge in [-0.1, -0.05) is 48.9 Å². The Labute approximate surface area is 202 Å². The van der Waals surface area contributed by atoms with Crippen molar-refractivity contribution < 1.29 is 39.2 Å². The van der Waals surface area contributed by atoms with Gasteiger partial charge in [-0.3, -0.25) is 14.7 Å². The number of hydroxylamine groups is 1. The molecule has 1 unspecified atom stereocenters. The summed E-state index contributed by atoms with van der Waals surface area (Å²) in [6.45, 7) is 11.5. The normalized spacial score (nSPS) is 18.3. The summed E-state index contributed by atoms with van der Waals surface area (Å²) in [7, 11) is 0. The first-order valence-corrected chi connectivity index (χ1v) is 11.4. The molecule has 6 heteroatoms. The van der Waals surface area contributed by atoms with E-state index in [-0.39, 0.29) is 39.9 Å². The van der Waals surface area contributed by atoms with Crippen LogP contribution in [0.25, 0.3) is 5.32 Å². The third-order valence-electron chi connectivity index (χ3n) is 5.73. The zero-order valence-electron chi connectivity index (χ0n) is 18.3. The molecule has 1 aromatic carbocycles. The molecule has 2 aliphatic heterocycles. The summed E-state index contributed by atoms with van der Waals surface area (Å²) in [5, 5.41) is 6.88. The summed E-state index contributed by atoms with van der Waals surface area (Å²) >= 11 is 1.40. The van der Waals surface area contributed by atoms with Gasteiger partial charge in [0.2, 0.25) is 0 Å². The van der Waals surface area contributed by atoms with E-state index in [1.54, 1.807) is 6.92 Å². The van der Waals surface area contributed by atoms with E-state index in [1.165, 1.54) is 41.4 Å². The molecule has 0 N–H and O–H groups in total. The molecule has 0 spiro atoms. The Kier molecular flexibility index (Phi) is 10.8. The van der Waals surface area contributed by atoms with E-state index in [9.17, 15) is 4.79 Å². The molecule has 29 heavy (non-hydrogen) atoms. The Morgan fingerprint density at radius 3 is 2.79 bits per heavy atom. The van der Waals surface area contributed by atoms with Crippen molar-refractivity contribution in [1.29, 1.82) is 0 Å². The predicted molar refractivity (Wildman–Crippen MR) is 119 cm³/mol. The molecule has 1 atom stereocenters. The summed E-state index contributed by atoms with van der Waals surface area (Å²) in [6.07, 6.45) is 6.49. The van der Waals surface area contributed by atoms with Gasteiger partial charge in [-0.2, -0.15) is 0 Å². The van der Waals surface area contributed by atoms with Crippen LogP contribution in [0.5, 0.6) is 0 Å². The minimum absolute atomic E-state index is 0. The number of carbonyl (C=O) groups excluding carboxylic acids is 1. The van der Waals surface area contributed by atoms with Crippen LogP contribution >= 0.6 is 11.8 Å². The number of piperidine rings is 1. The third-order valence-corrected chi connectivity index (χ3v) is 6.92. The summed E-state index contributed by atoms with van der Waals surface area (Å²) < 4.78 is 0. The number of carbonyl (C=O) groups is 1. The van der Waals surface area contributed by atoms with E-state index >= 15 is 0 Å². The maximum absolute atomic E-state index is 11.7. The van der Waals surface area contributed by atoms with Gasteiger partial charge in [0, 0.05) is 18.7 Å². The number of hydrogen-bond acceptors (Lipinski definition) is 4. The van der Waals surface area contributed by atoms with Crippen molar-refractivity contribution in [3.05, 3.63) is 46.8 Å². The molecular weight excluding hydrogens is 391 g/mol. The molecule has 0 radical (unpaired) electrons. The zero-order chi connectivity index (χ0) is 19.9. The Morgan fingerprint density at radius 2 is 2.10 bits per heavy atom. The fourth-order valence-electron chi connectivity index (χ4n) is 4.12. The zero-order valence-corrected chi connectivity index (χ0v) is 21.1. The fourth-order valence-corrected chi connectivity index (χ4v) is 4.99. The van der Waals surface area contributed by atoms with Crippen molar-refractivity contribution >= 4 is 22.6 Å². The van der Waals surface area contributed by atoms with Gasteiger partial charge in [-0.25, -0.2) is 0 Å². The predicted octanol–water partition coefficient (Wildman–Crippen LogP) is 2.32. The number of nitrogens with zero attached hydrogens (tertiary/aromatic N) is 2. The maximum atomic E-state index is 11.7. The number of anilines is 1. The Balaban J connectivity index is 0.00000300. The first-order valence-electron chi connectivity index (χ1n) is 10.5. The average Bonchev–Trinajstić information content (AvgIpc) is 2.89.